The third-order valence-corrected chi connectivity index (χ3v) is 4.95. The minimum absolute atomic E-state index is 0.209. The number of fused-ring (bicyclic) bond motifs is 1. The molecule has 2 unspecified atom stereocenters. The highest BCUT2D eigenvalue weighted by atomic mass is 32.2. The molecule has 24 heavy (non-hydrogen) atoms. The van der Waals surface area contributed by atoms with Crippen LogP contribution in [0.5, 0.6) is 0 Å². The molecule has 3 aromatic rings. The predicted octanol–water partition coefficient (Wildman–Crippen LogP) is 3.92. The van der Waals surface area contributed by atoms with Gasteiger partial charge in [-0.1, -0.05) is 43.3 Å². The van der Waals surface area contributed by atoms with E-state index < -0.39 is 0 Å². The van der Waals surface area contributed by atoms with Crippen molar-refractivity contribution in [2.75, 3.05) is 18.6 Å². The Morgan fingerprint density at radius 3 is 2.67 bits per heavy atom. The fourth-order valence-corrected chi connectivity index (χ4v) is 3.35. The highest BCUT2D eigenvalue weighted by Crippen LogP contribution is 2.20. The van der Waals surface area contributed by atoms with Crippen molar-refractivity contribution < 1.29 is 0 Å². The van der Waals surface area contributed by atoms with Crippen LogP contribution in [0.15, 0.2) is 54.7 Å². The van der Waals surface area contributed by atoms with Crippen molar-refractivity contribution in [1.82, 2.24) is 19.9 Å². The van der Waals surface area contributed by atoms with E-state index in [1.54, 1.807) is 0 Å². The summed E-state index contributed by atoms with van der Waals surface area (Å²) in [6, 6.07) is 16.9. The molecule has 5 heteroatoms. The van der Waals surface area contributed by atoms with E-state index in [2.05, 4.69) is 63.4 Å². The Morgan fingerprint density at radius 2 is 1.88 bits per heavy atom. The van der Waals surface area contributed by atoms with Gasteiger partial charge >= 0.3 is 0 Å². The van der Waals surface area contributed by atoms with E-state index in [1.807, 2.05) is 36.2 Å². The Balaban J connectivity index is 1.74. The second-order valence-electron chi connectivity index (χ2n) is 6.04. The maximum atomic E-state index is 4.44. The largest absolute Gasteiger partial charge is 0.307 e. The highest BCUT2D eigenvalue weighted by Gasteiger charge is 2.18. The summed E-state index contributed by atoms with van der Waals surface area (Å²) < 4.78 is 2.09. The number of nitrogens with one attached hydrogen (secondary N) is 1. The summed E-state index contributed by atoms with van der Waals surface area (Å²) in [7, 11) is 0. The van der Waals surface area contributed by atoms with Gasteiger partial charge in [0.15, 0.2) is 11.5 Å². The van der Waals surface area contributed by atoms with Gasteiger partial charge in [-0.3, -0.25) is 4.40 Å². The van der Waals surface area contributed by atoms with Crippen molar-refractivity contribution in [3.63, 3.8) is 0 Å². The Hall–Kier alpha value is -1.85. The molecule has 0 aliphatic carbocycles. The Morgan fingerprint density at radius 1 is 1.08 bits per heavy atom. The van der Waals surface area contributed by atoms with Crippen LogP contribution in [-0.4, -0.2) is 33.2 Å². The lowest BCUT2D eigenvalue weighted by molar-refractivity contribution is 0.474. The smallest absolute Gasteiger partial charge is 0.160 e. The van der Waals surface area contributed by atoms with Gasteiger partial charge in [0.1, 0.15) is 0 Å². The first-order chi connectivity index (χ1) is 11.8. The summed E-state index contributed by atoms with van der Waals surface area (Å²) in [4.78, 5) is 0. The topological polar surface area (TPSA) is 42.2 Å². The van der Waals surface area contributed by atoms with E-state index in [0.29, 0.717) is 5.92 Å². The van der Waals surface area contributed by atoms with E-state index in [9.17, 15) is 0 Å². The zero-order valence-electron chi connectivity index (χ0n) is 14.2. The van der Waals surface area contributed by atoms with Gasteiger partial charge in [-0.15, -0.1) is 10.2 Å². The second kappa shape index (κ2) is 8.31. The van der Waals surface area contributed by atoms with Crippen LogP contribution in [0.1, 0.15) is 36.7 Å². The van der Waals surface area contributed by atoms with Crippen molar-refractivity contribution in [3.05, 3.63) is 66.1 Å². The molecule has 0 amide bonds. The standard InChI is InChI=1S/C19H24N4S/c1-15(16-8-4-3-5-9-16)14-20-17(11-13-24-2)19-22-21-18-10-6-7-12-23(18)19/h3-10,12,15,17,20H,11,13-14H2,1-2H3. The van der Waals surface area contributed by atoms with E-state index in [-0.39, 0.29) is 6.04 Å². The van der Waals surface area contributed by atoms with Gasteiger partial charge in [-0.05, 0) is 42.0 Å². The minimum atomic E-state index is 0.209. The summed E-state index contributed by atoms with van der Waals surface area (Å²) >= 11 is 1.87. The molecule has 0 aliphatic rings. The van der Waals surface area contributed by atoms with Crippen molar-refractivity contribution in [2.24, 2.45) is 0 Å². The van der Waals surface area contributed by atoms with Crippen molar-refractivity contribution >= 4 is 17.4 Å². The SMILES string of the molecule is CSCCC(NCC(C)c1ccccc1)c1nnc2ccccn12. The van der Waals surface area contributed by atoms with Crippen molar-refractivity contribution in [1.29, 1.82) is 0 Å². The third kappa shape index (κ3) is 3.97. The maximum absolute atomic E-state index is 4.44. The first kappa shape index (κ1) is 17.0. The molecule has 2 heterocycles. The normalized spacial score (nSPS) is 13.9. The van der Waals surface area contributed by atoms with Crippen LogP contribution in [-0.2, 0) is 0 Å². The second-order valence-corrected chi connectivity index (χ2v) is 7.03. The average Bonchev–Trinajstić information content (AvgIpc) is 3.06. The molecule has 3 rings (SSSR count). The number of aromatic nitrogens is 3. The van der Waals surface area contributed by atoms with Gasteiger partial charge in [0.25, 0.3) is 0 Å². The Labute approximate surface area is 147 Å². The van der Waals surface area contributed by atoms with Crippen LogP contribution in [0.25, 0.3) is 5.65 Å². The molecule has 126 valence electrons. The van der Waals surface area contributed by atoms with E-state index in [4.69, 9.17) is 0 Å². The van der Waals surface area contributed by atoms with Gasteiger partial charge in [0.05, 0.1) is 6.04 Å². The molecule has 0 fully saturated rings. The molecule has 0 bridgehead atoms. The molecule has 2 atom stereocenters. The molecule has 2 aromatic heterocycles. The first-order valence-corrected chi connectivity index (χ1v) is 9.76. The van der Waals surface area contributed by atoms with Gasteiger partial charge in [-0.25, -0.2) is 0 Å². The third-order valence-electron chi connectivity index (χ3n) is 4.30. The molecule has 4 nitrogen and oxygen atoms in total. The number of hydrogen-bond donors (Lipinski definition) is 1. The summed E-state index contributed by atoms with van der Waals surface area (Å²) in [6.45, 7) is 3.18. The lowest BCUT2D eigenvalue weighted by Gasteiger charge is -2.20. The predicted molar refractivity (Wildman–Crippen MR) is 102 cm³/mol. The average molecular weight is 340 g/mol. The van der Waals surface area contributed by atoms with E-state index >= 15 is 0 Å². The van der Waals surface area contributed by atoms with Crippen LogP contribution in [0, 0.1) is 0 Å². The van der Waals surface area contributed by atoms with Crippen molar-refractivity contribution in [2.45, 2.75) is 25.3 Å². The first-order valence-electron chi connectivity index (χ1n) is 8.36. The minimum Gasteiger partial charge on any atom is -0.307 e. The van der Waals surface area contributed by atoms with Crippen LogP contribution in [0.4, 0.5) is 0 Å². The molecule has 1 aromatic carbocycles. The number of nitrogens with zero attached hydrogens (tertiary/aromatic N) is 3. The zero-order valence-corrected chi connectivity index (χ0v) is 15.0. The van der Waals surface area contributed by atoms with Gasteiger partial charge in [0, 0.05) is 12.7 Å². The number of hydrogen-bond acceptors (Lipinski definition) is 4. The fraction of sp³-hybridized carbons (Fsp3) is 0.368. The lowest BCUT2D eigenvalue weighted by atomic mass is 10.0. The molecule has 0 saturated heterocycles. The summed E-state index contributed by atoms with van der Waals surface area (Å²) in [5.74, 6) is 2.56. The van der Waals surface area contributed by atoms with Gasteiger partial charge < -0.3 is 5.32 Å². The van der Waals surface area contributed by atoms with Gasteiger partial charge in [-0.2, -0.15) is 11.8 Å². The Kier molecular flexibility index (Phi) is 5.88. The monoisotopic (exact) mass is 340 g/mol. The number of thioether (sulfide) groups is 1. The van der Waals surface area contributed by atoms with Crippen molar-refractivity contribution in [3.8, 4) is 0 Å². The van der Waals surface area contributed by atoms with E-state index in [0.717, 1.165) is 30.2 Å². The molecular weight excluding hydrogens is 316 g/mol. The molecule has 0 saturated carbocycles. The maximum Gasteiger partial charge on any atom is 0.160 e. The number of rotatable bonds is 8. The molecule has 0 spiro atoms. The highest BCUT2D eigenvalue weighted by molar-refractivity contribution is 7.98. The van der Waals surface area contributed by atoms with Crippen LogP contribution in [0.2, 0.25) is 0 Å². The zero-order chi connectivity index (χ0) is 16.8. The molecule has 1 N–H and O–H groups in total. The van der Waals surface area contributed by atoms with Crippen LogP contribution in [0.3, 0.4) is 0 Å². The number of benzene rings is 1. The summed E-state index contributed by atoms with van der Waals surface area (Å²) in [5.41, 5.74) is 2.26. The quantitative estimate of drug-likeness (QED) is 0.675. The molecule has 0 radical (unpaired) electrons. The number of pyridine rings is 1. The van der Waals surface area contributed by atoms with Crippen LogP contribution >= 0.6 is 11.8 Å². The lowest BCUT2D eigenvalue weighted by Crippen LogP contribution is -2.27. The molecule has 0 aliphatic heterocycles. The fourth-order valence-electron chi connectivity index (χ4n) is 2.87. The summed E-state index contributed by atoms with van der Waals surface area (Å²) in [5, 5.41) is 12.5. The van der Waals surface area contributed by atoms with E-state index in [1.165, 1.54) is 5.56 Å². The van der Waals surface area contributed by atoms with Gasteiger partial charge in [0.2, 0.25) is 0 Å². The molecular formula is C19H24N4S. The summed E-state index contributed by atoms with van der Waals surface area (Å²) in [6.07, 6.45) is 5.23. The Bertz CT molecular complexity index is 756. The van der Waals surface area contributed by atoms with Crippen LogP contribution < -0.4 is 5.32 Å².